The molecule has 0 bridgehead atoms. The topological polar surface area (TPSA) is 31.4 Å². The molecule has 1 heterocycles. The number of halogens is 1. The van der Waals surface area contributed by atoms with E-state index in [2.05, 4.69) is 27.8 Å². The second-order valence-corrected chi connectivity index (χ2v) is 4.58. The molecule has 19 heavy (non-hydrogen) atoms. The highest BCUT2D eigenvalue weighted by Gasteiger charge is 2.04. The van der Waals surface area contributed by atoms with Crippen LogP contribution < -0.4 is 9.47 Å². The van der Waals surface area contributed by atoms with Crippen molar-refractivity contribution in [3.63, 3.8) is 0 Å². The van der Waals surface area contributed by atoms with E-state index in [0.29, 0.717) is 11.2 Å². The number of benzene rings is 1. The fraction of sp³-hybridized carbons (Fsp3) is 0.267. The zero-order chi connectivity index (χ0) is 13.5. The predicted octanol–water partition coefficient (Wildman–Crippen LogP) is 4.56. The van der Waals surface area contributed by atoms with Crippen LogP contribution in [0.15, 0.2) is 42.6 Å². The second kappa shape index (κ2) is 7.14. The average molecular weight is 322 g/mol. The summed E-state index contributed by atoms with van der Waals surface area (Å²) in [5.41, 5.74) is 1.02. The van der Waals surface area contributed by atoms with E-state index in [4.69, 9.17) is 9.47 Å². The van der Waals surface area contributed by atoms with Gasteiger partial charge in [0.05, 0.1) is 6.61 Å². The molecule has 0 aliphatic rings. The van der Waals surface area contributed by atoms with E-state index < -0.39 is 0 Å². The number of ether oxygens (including phenoxy) is 2. The van der Waals surface area contributed by atoms with Crippen molar-refractivity contribution in [1.82, 2.24) is 4.98 Å². The summed E-state index contributed by atoms with van der Waals surface area (Å²) < 4.78 is 11.3. The van der Waals surface area contributed by atoms with E-state index in [1.807, 2.05) is 36.4 Å². The first-order valence-corrected chi connectivity index (χ1v) is 7.36. The van der Waals surface area contributed by atoms with Crippen molar-refractivity contribution in [1.29, 1.82) is 0 Å². The van der Waals surface area contributed by atoms with E-state index in [9.17, 15) is 0 Å². The van der Waals surface area contributed by atoms with Gasteiger partial charge in [0.25, 0.3) is 0 Å². The lowest BCUT2D eigenvalue weighted by atomic mass is 10.3. The summed E-state index contributed by atoms with van der Waals surface area (Å²) >= 11 is 3.42. The highest BCUT2D eigenvalue weighted by atomic mass is 79.9. The van der Waals surface area contributed by atoms with Gasteiger partial charge in [-0.05, 0) is 36.8 Å². The molecule has 0 radical (unpaired) electrons. The van der Waals surface area contributed by atoms with Gasteiger partial charge >= 0.3 is 0 Å². The molecule has 0 saturated carbocycles. The van der Waals surface area contributed by atoms with Gasteiger partial charge in [-0.2, -0.15) is 0 Å². The zero-order valence-corrected chi connectivity index (χ0v) is 12.4. The Hall–Kier alpha value is -1.55. The van der Waals surface area contributed by atoms with Crippen LogP contribution in [0.3, 0.4) is 0 Å². The lowest BCUT2D eigenvalue weighted by Gasteiger charge is -2.09. The third kappa shape index (κ3) is 3.96. The minimum Gasteiger partial charge on any atom is -0.494 e. The summed E-state index contributed by atoms with van der Waals surface area (Å²) in [5, 5.41) is 0.716. The first-order valence-electron chi connectivity index (χ1n) is 6.24. The molecule has 0 fully saturated rings. The standard InChI is InChI=1S/C15H16BrNO2/c1-2-10-18-13-5-7-14(8-6-13)19-15-12(11-16)4-3-9-17-15/h3-9H,2,10-11H2,1H3. The van der Waals surface area contributed by atoms with Gasteiger partial charge in [0.1, 0.15) is 11.5 Å². The van der Waals surface area contributed by atoms with Gasteiger partial charge in [0.15, 0.2) is 0 Å². The highest BCUT2D eigenvalue weighted by molar-refractivity contribution is 9.08. The van der Waals surface area contributed by atoms with E-state index >= 15 is 0 Å². The quantitative estimate of drug-likeness (QED) is 0.731. The molecule has 0 atom stereocenters. The van der Waals surface area contributed by atoms with Crippen LogP contribution >= 0.6 is 15.9 Å². The van der Waals surface area contributed by atoms with Crippen LogP contribution in [-0.4, -0.2) is 11.6 Å². The molecule has 0 aliphatic heterocycles. The number of aromatic nitrogens is 1. The Morgan fingerprint density at radius 2 is 1.84 bits per heavy atom. The number of hydrogen-bond donors (Lipinski definition) is 0. The molecule has 2 aromatic rings. The highest BCUT2D eigenvalue weighted by Crippen LogP contribution is 2.26. The van der Waals surface area contributed by atoms with E-state index in [1.165, 1.54) is 0 Å². The van der Waals surface area contributed by atoms with Crippen LogP contribution in [0, 0.1) is 0 Å². The van der Waals surface area contributed by atoms with Crippen LogP contribution in [0.2, 0.25) is 0 Å². The first kappa shape index (κ1) is 13.9. The van der Waals surface area contributed by atoms with Gasteiger partial charge in [-0.1, -0.05) is 28.9 Å². The molecule has 0 spiro atoms. The van der Waals surface area contributed by atoms with Crippen LogP contribution in [0.5, 0.6) is 17.4 Å². The summed E-state index contributed by atoms with van der Waals surface area (Å²) in [6.07, 6.45) is 2.72. The Labute approximate surface area is 121 Å². The fourth-order valence-corrected chi connectivity index (χ4v) is 1.98. The summed E-state index contributed by atoms with van der Waals surface area (Å²) in [6.45, 7) is 2.81. The van der Waals surface area contributed by atoms with Crippen LogP contribution in [0.25, 0.3) is 0 Å². The summed E-state index contributed by atoms with van der Waals surface area (Å²) in [6, 6.07) is 11.5. The maximum absolute atomic E-state index is 5.76. The Morgan fingerprint density at radius 1 is 1.11 bits per heavy atom. The number of alkyl halides is 1. The minimum atomic E-state index is 0.626. The van der Waals surface area contributed by atoms with Crippen molar-refractivity contribution in [2.24, 2.45) is 0 Å². The number of nitrogens with zero attached hydrogens (tertiary/aromatic N) is 1. The van der Waals surface area contributed by atoms with Gasteiger partial charge < -0.3 is 9.47 Å². The second-order valence-electron chi connectivity index (χ2n) is 4.02. The Balaban J connectivity index is 2.06. The molecule has 0 amide bonds. The summed E-state index contributed by atoms with van der Waals surface area (Å²) in [4.78, 5) is 4.23. The summed E-state index contributed by atoms with van der Waals surface area (Å²) in [5.74, 6) is 2.24. The molecule has 3 nitrogen and oxygen atoms in total. The van der Waals surface area contributed by atoms with Crippen molar-refractivity contribution < 1.29 is 9.47 Å². The molecule has 2 rings (SSSR count). The van der Waals surface area contributed by atoms with Gasteiger partial charge in [-0.25, -0.2) is 4.98 Å². The van der Waals surface area contributed by atoms with Crippen LogP contribution in [-0.2, 0) is 5.33 Å². The molecule has 1 aromatic carbocycles. The maximum Gasteiger partial charge on any atom is 0.223 e. The molecular formula is C15H16BrNO2. The number of pyridine rings is 1. The molecule has 1 aromatic heterocycles. The molecule has 0 unspecified atom stereocenters. The predicted molar refractivity (Wildman–Crippen MR) is 79.2 cm³/mol. The fourth-order valence-electron chi connectivity index (χ4n) is 1.55. The van der Waals surface area contributed by atoms with Gasteiger partial charge in [0, 0.05) is 17.1 Å². The van der Waals surface area contributed by atoms with Crippen LogP contribution in [0.1, 0.15) is 18.9 Å². The largest absolute Gasteiger partial charge is 0.494 e. The van der Waals surface area contributed by atoms with Crippen LogP contribution in [0.4, 0.5) is 0 Å². The Morgan fingerprint density at radius 3 is 2.53 bits per heavy atom. The molecule has 100 valence electrons. The van der Waals surface area contributed by atoms with Crippen molar-refractivity contribution in [2.45, 2.75) is 18.7 Å². The Bertz CT molecular complexity index is 514. The van der Waals surface area contributed by atoms with Crippen molar-refractivity contribution in [3.05, 3.63) is 48.2 Å². The van der Waals surface area contributed by atoms with Gasteiger partial charge in [-0.15, -0.1) is 0 Å². The molecule has 0 saturated heterocycles. The lowest BCUT2D eigenvalue weighted by Crippen LogP contribution is -1.95. The normalized spacial score (nSPS) is 10.2. The van der Waals surface area contributed by atoms with Gasteiger partial charge in [0.2, 0.25) is 5.88 Å². The molecule has 0 aliphatic carbocycles. The smallest absolute Gasteiger partial charge is 0.223 e. The molecule has 4 heteroatoms. The molecule has 0 N–H and O–H groups in total. The summed E-state index contributed by atoms with van der Waals surface area (Å²) in [7, 11) is 0. The lowest BCUT2D eigenvalue weighted by molar-refractivity contribution is 0.317. The third-order valence-corrected chi connectivity index (χ3v) is 3.11. The monoisotopic (exact) mass is 321 g/mol. The van der Waals surface area contributed by atoms with Crippen molar-refractivity contribution in [3.8, 4) is 17.4 Å². The van der Waals surface area contributed by atoms with Crippen molar-refractivity contribution in [2.75, 3.05) is 6.61 Å². The van der Waals surface area contributed by atoms with E-state index in [0.717, 1.165) is 30.1 Å². The number of rotatable bonds is 6. The number of hydrogen-bond acceptors (Lipinski definition) is 3. The minimum absolute atomic E-state index is 0.626. The zero-order valence-electron chi connectivity index (χ0n) is 10.8. The van der Waals surface area contributed by atoms with E-state index in [-0.39, 0.29) is 0 Å². The van der Waals surface area contributed by atoms with E-state index in [1.54, 1.807) is 6.20 Å². The van der Waals surface area contributed by atoms with Gasteiger partial charge in [-0.3, -0.25) is 0 Å². The SMILES string of the molecule is CCCOc1ccc(Oc2ncccc2CBr)cc1. The first-order chi connectivity index (χ1) is 9.33. The maximum atomic E-state index is 5.76. The third-order valence-electron chi connectivity index (χ3n) is 2.51. The average Bonchev–Trinajstić information content (AvgIpc) is 2.47. The molecular weight excluding hydrogens is 306 g/mol. The Kier molecular flexibility index (Phi) is 5.21. The van der Waals surface area contributed by atoms with Crippen molar-refractivity contribution >= 4 is 15.9 Å².